The maximum atomic E-state index is 14.4. The first kappa shape index (κ1) is 28.1. The molecule has 38 heavy (non-hydrogen) atoms. The summed E-state index contributed by atoms with van der Waals surface area (Å²) in [6.45, 7) is -1.70. The number of anilines is 2. The third-order valence-electron chi connectivity index (χ3n) is 6.03. The molecule has 1 aliphatic rings. The fraction of sp³-hybridized carbons (Fsp3) is 0.391. The highest BCUT2D eigenvalue weighted by Crippen LogP contribution is 2.38. The van der Waals surface area contributed by atoms with Crippen LogP contribution in [-0.2, 0) is 0 Å². The third-order valence-corrected chi connectivity index (χ3v) is 6.64. The average molecular weight is 587 g/mol. The van der Waals surface area contributed by atoms with Gasteiger partial charge in [-0.05, 0) is 43.9 Å². The number of imidazole rings is 1. The minimum atomic E-state index is -4.71. The van der Waals surface area contributed by atoms with Gasteiger partial charge in [-0.25, -0.2) is 9.37 Å². The first-order valence-corrected chi connectivity index (χ1v) is 12.0. The number of hydrogen-bond acceptors (Lipinski definition) is 4. The molecule has 1 aliphatic carbocycles. The van der Waals surface area contributed by atoms with Gasteiger partial charge < -0.3 is 20.4 Å². The Morgan fingerprint density at radius 3 is 2.34 bits per heavy atom. The zero-order valence-electron chi connectivity index (χ0n) is 19.2. The van der Waals surface area contributed by atoms with Crippen molar-refractivity contribution in [3.63, 3.8) is 0 Å². The Balaban J connectivity index is 1.60. The van der Waals surface area contributed by atoms with E-state index in [-0.39, 0.29) is 64.0 Å². The lowest BCUT2D eigenvalue weighted by molar-refractivity contribution is -0.182. The van der Waals surface area contributed by atoms with Crippen molar-refractivity contribution in [2.75, 3.05) is 11.9 Å². The van der Waals surface area contributed by atoms with E-state index in [9.17, 15) is 35.5 Å². The van der Waals surface area contributed by atoms with Crippen LogP contribution in [0.2, 0.25) is 10.0 Å². The van der Waals surface area contributed by atoms with Gasteiger partial charge in [0.1, 0.15) is 5.75 Å². The van der Waals surface area contributed by atoms with Gasteiger partial charge in [0, 0.05) is 12.1 Å². The molecule has 2 aromatic carbocycles. The quantitative estimate of drug-likeness (QED) is 0.206. The molecule has 0 saturated heterocycles. The number of halogens is 9. The molecule has 1 fully saturated rings. The molecule has 0 spiro atoms. The van der Waals surface area contributed by atoms with Gasteiger partial charge in [-0.3, -0.25) is 4.79 Å². The van der Waals surface area contributed by atoms with E-state index in [1.54, 1.807) is 0 Å². The van der Waals surface area contributed by atoms with Gasteiger partial charge in [0.25, 0.3) is 5.91 Å². The van der Waals surface area contributed by atoms with Gasteiger partial charge in [-0.2, -0.15) is 26.3 Å². The Morgan fingerprint density at radius 2 is 1.71 bits per heavy atom. The van der Waals surface area contributed by atoms with Crippen molar-refractivity contribution in [2.45, 2.75) is 44.1 Å². The number of ether oxygens (including phenoxy) is 1. The maximum absolute atomic E-state index is 14.4. The molecule has 0 aliphatic heterocycles. The van der Waals surface area contributed by atoms with Gasteiger partial charge >= 0.3 is 12.4 Å². The summed E-state index contributed by atoms with van der Waals surface area (Å²) in [5.74, 6) is -3.66. The van der Waals surface area contributed by atoms with Crippen molar-refractivity contribution in [3.8, 4) is 5.75 Å². The number of aromatic nitrogens is 2. The Kier molecular flexibility index (Phi) is 7.89. The van der Waals surface area contributed by atoms with Crippen LogP contribution in [0.3, 0.4) is 0 Å². The largest absolute Gasteiger partial charge is 0.483 e. The molecule has 0 unspecified atom stereocenters. The number of hydrogen-bond donors (Lipinski definition) is 3. The average Bonchev–Trinajstić information content (AvgIpc) is 3.23. The lowest BCUT2D eigenvalue weighted by Gasteiger charge is -2.30. The van der Waals surface area contributed by atoms with Crippen LogP contribution in [0.5, 0.6) is 5.75 Å². The standard InChI is InChI=1S/C23H19Cl2F7N4O2/c24-13-5-6-14(25)19(18(13)26)36-21-34-15-7-12(17(8-16(15)35-21)38-9-22(27,28)29)20(37)33-11-3-1-10(2-4-11)23(30,31)32/h5-8,10-11H,1-4,9H2,(H,33,37)(H2,34,35,36). The van der Waals surface area contributed by atoms with Crippen LogP contribution in [0, 0.1) is 11.7 Å². The number of nitrogens with zero attached hydrogens (tertiary/aromatic N) is 1. The second-order valence-corrected chi connectivity index (χ2v) is 9.58. The summed E-state index contributed by atoms with van der Waals surface area (Å²) in [5.41, 5.74) is -0.247. The molecule has 1 amide bonds. The van der Waals surface area contributed by atoms with E-state index in [4.69, 9.17) is 27.9 Å². The summed E-state index contributed by atoms with van der Waals surface area (Å²) >= 11 is 11.8. The van der Waals surface area contributed by atoms with Crippen LogP contribution in [0.1, 0.15) is 36.0 Å². The highest BCUT2D eigenvalue weighted by Gasteiger charge is 2.41. The van der Waals surface area contributed by atoms with E-state index in [1.165, 1.54) is 18.2 Å². The fourth-order valence-corrected chi connectivity index (χ4v) is 4.49. The number of alkyl halides is 6. The first-order valence-electron chi connectivity index (χ1n) is 11.2. The van der Waals surface area contributed by atoms with Crippen molar-refractivity contribution in [2.24, 2.45) is 5.92 Å². The van der Waals surface area contributed by atoms with Crippen molar-refractivity contribution in [3.05, 3.63) is 45.7 Å². The molecule has 1 aromatic heterocycles. The molecule has 3 aromatic rings. The monoisotopic (exact) mass is 586 g/mol. The summed E-state index contributed by atoms with van der Waals surface area (Å²) in [4.78, 5) is 19.9. The molecule has 6 nitrogen and oxygen atoms in total. The van der Waals surface area contributed by atoms with Gasteiger partial charge in [0.05, 0.1) is 38.2 Å². The van der Waals surface area contributed by atoms with E-state index >= 15 is 0 Å². The summed E-state index contributed by atoms with van der Waals surface area (Å²) in [7, 11) is 0. The SMILES string of the molecule is O=C(NC1CCC(C(F)(F)F)CC1)c1cc2[nH]c(Nc3c(Cl)ccc(Cl)c3F)nc2cc1OCC(F)(F)F. The highest BCUT2D eigenvalue weighted by atomic mass is 35.5. The Bertz CT molecular complexity index is 1340. The lowest BCUT2D eigenvalue weighted by atomic mass is 9.85. The minimum Gasteiger partial charge on any atom is -0.483 e. The lowest BCUT2D eigenvalue weighted by Crippen LogP contribution is -2.40. The van der Waals surface area contributed by atoms with Crippen LogP contribution < -0.4 is 15.4 Å². The summed E-state index contributed by atoms with van der Waals surface area (Å²) < 4.78 is 96.6. The molecular formula is C23H19Cl2F7N4O2. The van der Waals surface area contributed by atoms with Crippen LogP contribution in [0.4, 0.5) is 42.4 Å². The van der Waals surface area contributed by atoms with E-state index in [0.717, 1.165) is 6.07 Å². The van der Waals surface area contributed by atoms with Crippen LogP contribution >= 0.6 is 23.2 Å². The van der Waals surface area contributed by atoms with Crippen molar-refractivity contribution in [1.82, 2.24) is 15.3 Å². The molecule has 1 heterocycles. The topological polar surface area (TPSA) is 79.0 Å². The number of rotatable bonds is 6. The maximum Gasteiger partial charge on any atom is 0.422 e. The van der Waals surface area contributed by atoms with Crippen LogP contribution in [0.15, 0.2) is 24.3 Å². The van der Waals surface area contributed by atoms with E-state index in [0.29, 0.717) is 0 Å². The smallest absolute Gasteiger partial charge is 0.422 e. The van der Waals surface area contributed by atoms with E-state index < -0.39 is 48.4 Å². The highest BCUT2D eigenvalue weighted by molar-refractivity contribution is 6.35. The van der Waals surface area contributed by atoms with Crippen molar-refractivity contribution < 1.29 is 40.3 Å². The van der Waals surface area contributed by atoms with Gasteiger partial charge in [0.2, 0.25) is 5.95 Å². The number of fused-ring (bicyclic) bond motifs is 1. The van der Waals surface area contributed by atoms with Crippen LogP contribution in [0.25, 0.3) is 11.0 Å². The molecule has 0 radical (unpaired) electrons. The van der Waals surface area contributed by atoms with Crippen molar-refractivity contribution >= 4 is 51.8 Å². The number of benzene rings is 2. The predicted molar refractivity (Wildman–Crippen MR) is 127 cm³/mol. The molecule has 0 bridgehead atoms. The van der Waals surface area contributed by atoms with Crippen LogP contribution in [-0.4, -0.2) is 40.9 Å². The molecule has 15 heteroatoms. The second-order valence-electron chi connectivity index (χ2n) is 8.76. The minimum absolute atomic E-state index is 0.0260. The molecule has 1 saturated carbocycles. The Labute approximate surface area is 220 Å². The first-order chi connectivity index (χ1) is 17.7. The third kappa shape index (κ3) is 6.55. The Hall–Kier alpha value is -2.93. The number of amides is 1. The van der Waals surface area contributed by atoms with Gasteiger partial charge in [-0.15, -0.1) is 0 Å². The summed E-state index contributed by atoms with van der Waals surface area (Å²) in [6.07, 6.45) is -9.28. The van der Waals surface area contributed by atoms with E-state index in [2.05, 4.69) is 20.6 Å². The number of H-pyrrole nitrogens is 1. The van der Waals surface area contributed by atoms with Gasteiger partial charge in [0.15, 0.2) is 12.4 Å². The number of aromatic amines is 1. The summed E-state index contributed by atoms with van der Waals surface area (Å²) in [6, 6.07) is 4.26. The number of nitrogens with one attached hydrogen (secondary N) is 3. The van der Waals surface area contributed by atoms with Gasteiger partial charge in [-0.1, -0.05) is 23.2 Å². The van der Waals surface area contributed by atoms with E-state index in [1.807, 2.05) is 0 Å². The Morgan fingerprint density at radius 1 is 1.05 bits per heavy atom. The molecular weight excluding hydrogens is 568 g/mol. The molecule has 206 valence electrons. The second kappa shape index (κ2) is 10.7. The molecule has 3 N–H and O–H groups in total. The fourth-order valence-electron chi connectivity index (χ4n) is 4.14. The summed E-state index contributed by atoms with van der Waals surface area (Å²) in [5, 5.41) is 4.93. The molecule has 4 rings (SSSR count). The molecule has 0 atom stereocenters. The zero-order chi connectivity index (χ0) is 27.8. The predicted octanol–water partition coefficient (Wildman–Crippen LogP) is 7.54. The van der Waals surface area contributed by atoms with Crippen molar-refractivity contribution in [1.29, 1.82) is 0 Å². The number of carbonyl (C=O) groups excluding carboxylic acids is 1. The normalized spacial score (nSPS) is 18.4. The number of carbonyl (C=O) groups is 1. The zero-order valence-corrected chi connectivity index (χ0v) is 20.7.